The van der Waals surface area contributed by atoms with Gasteiger partial charge in [0, 0.05) is 11.1 Å². The third-order valence-corrected chi connectivity index (χ3v) is 7.95. The first-order valence-electron chi connectivity index (χ1n) is 12.7. The third-order valence-electron chi connectivity index (χ3n) is 7.95. The molecule has 1 aliphatic carbocycles. The minimum Gasteiger partial charge on any atom is -0.304 e. The highest BCUT2D eigenvalue weighted by Gasteiger charge is 2.54. The van der Waals surface area contributed by atoms with Gasteiger partial charge >= 0.3 is 0 Å². The Morgan fingerprint density at radius 1 is 0.457 bits per heavy atom. The van der Waals surface area contributed by atoms with Gasteiger partial charge in [0.2, 0.25) is 0 Å². The van der Waals surface area contributed by atoms with Gasteiger partial charge in [-0.15, -0.1) is 16.4 Å². The maximum atomic E-state index is 15.7. The fraction of sp³-hybridized carbons (Fsp3) is 0.207. The molecule has 46 heavy (non-hydrogen) atoms. The van der Waals surface area contributed by atoms with Crippen LogP contribution in [0.4, 0.5) is 65.9 Å². The van der Waals surface area contributed by atoms with Gasteiger partial charge in [-0.05, 0) is 19.4 Å². The molecule has 0 bridgehead atoms. The summed E-state index contributed by atoms with van der Waals surface area (Å²) in [5.74, 6) is -45.8. The molecule has 0 amide bonds. The molecular formula is C29H16BF15N-. The van der Waals surface area contributed by atoms with E-state index in [1.165, 1.54) is 20.8 Å². The number of rotatable bonds is 5. The van der Waals surface area contributed by atoms with Crippen molar-refractivity contribution < 1.29 is 65.9 Å². The van der Waals surface area contributed by atoms with Crippen molar-refractivity contribution in [1.29, 1.82) is 5.41 Å². The van der Waals surface area contributed by atoms with Crippen LogP contribution in [-0.4, -0.2) is 11.9 Å². The van der Waals surface area contributed by atoms with Crippen LogP contribution in [0.1, 0.15) is 34.6 Å². The molecule has 1 N–H and O–H groups in total. The number of nitrogens with one attached hydrogen (secondary N) is 1. The molecule has 0 fully saturated rings. The van der Waals surface area contributed by atoms with Crippen molar-refractivity contribution in [2.75, 3.05) is 0 Å². The van der Waals surface area contributed by atoms with Crippen molar-refractivity contribution >= 4 is 28.2 Å². The molecule has 0 unspecified atom stereocenters. The Labute approximate surface area is 249 Å². The van der Waals surface area contributed by atoms with Gasteiger partial charge in [0.05, 0.1) is 0 Å². The van der Waals surface area contributed by atoms with E-state index in [4.69, 9.17) is 5.41 Å². The predicted molar refractivity (Wildman–Crippen MR) is 136 cm³/mol. The summed E-state index contributed by atoms with van der Waals surface area (Å²) >= 11 is 0. The van der Waals surface area contributed by atoms with Crippen LogP contribution < -0.4 is 16.4 Å². The average molecular weight is 674 g/mol. The lowest BCUT2D eigenvalue weighted by Gasteiger charge is -2.43. The van der Waals surface area contributed by atoms with Crippen LogP contribution in [0.15, 0.2) is 22.2 Å². The zero-order chi connectivity index (χ0) is 35.3. The second-order valence-electron chi connectivity index (χ2n) is 11.5. The number of allylic oxidation sites excluding steroid dienone is 4. The van der Waals surface area contributed by atoms with Crippen LogP contribution in [0.2, 0.25) is 0 Å². The number of halogens is 15. The maximum Gasteiger partial charge on any atom is 0.200 e. The van der Waals surface area contributed by atoms with Gasteiger partial charge in [-0.1, -0.05) is 31.9 Å². The zero-order valence-electron chi connectivity index (χ0n) is 23.7. The Morgan fingerprint density at radius 3 is 0.891 bits per heavy atom. The lowest BCUT2D eigenvalue weighted by atomic mass is 9.13. The summed E-state index contributed by atoms with van der Waals surface area (Å²) in [6, 6.07) is 0. The maximum absolute atomic E-state index is 15.7. The summed E-state index contributed by atoms with van der Waals surface area (Å²) < 4.78 is 225. The first kappa shape index (κ1) is 34.7. The van der Waals surface area contributed by atoms with Crippen molar-refractivity contribution in [3.05, 3.63) is 109 Å². The van der Waals surface area contributed by atoms with Crippen LogP contribution in [0.5, 0.6) is 0 Å². The molecule has 0 aliphatic heterocycles. The summed E-state index contributed by atoms with van der Waals surface area (Å²) in [5, 5.41) is 8.43. The van der Waals surface area contributed by atoms with E-state index in [2.05, 4.69) is 0 Å². The van der Waals surface area contributed by atoms with E-state index in [1.807, 2.05) is 0 Å². The fourth-order valence-corrected chi connectivity index (χ4v) is 5.88. The first-order valence-corrected chi connectivity index (χ1v) is 12.7. The standard InChI is InChI=1S/C29H16BF15N/c1-6-8(7(2)28(46)29(3,4)5)9(6)30(10-13(31)19(37)25(43)20(38)14(10)32,11-15(33)21(39)26(44)22(40)16(11)34)12-17(35)23(41)27(45)24(42)18(12)36/h46H,1-5H3/q-1/b8-7+,46-28?. The topological polar surface area (TPSA) is 23.9 Å². The van der Waals surface area contributed by atoms with Crippen molar-refractivity contribution in [2.45, 2.75) is 34.6 Å². The predicted octanol–water partition coefficient (Wildman–Crippen LogP) is 7.49. The van der Waals surface area contributed by atoms with E-state index in [1.54, 1.807) is 0 Å². The number of hydrogen-bond donors (Lipinski definition) is 1. The monoisotopic (exact) mass is 674 g/mol. The van der Waals surface area contributed by atoms with E-state index in [0.717, 1.165) is 13.8 Å². The SMILES string of the molecule is CC1=C([B-](c2c(F)c(F)c(F)c(F)c2F)(c2c(F)c(F)c(F)c(F)c2F)c2c(F)c(F)c(F)c(F)c2F)C/1=C(\C)C(=N)C(C)(C)C. The lowest BCUT2D eigenvalue weighted by molar-refractivity contribution is 0.379. The van der Waals surface area contributed by atoms with E-state index in [0.29, 0.717) is 0 Å². The minimum atomic E-state index is -5.83. The van der Waals surface area contributed by atoms with Gasteiger partial charge in [-0.25, -0.2) is 65.9 Å². The summed E-state index contributed by atoms with van der Waals surface area (Å²) in [5.41, 5.74) is -12.7. The molecule has 0 saturated heterocycles. The molecule has 1 aliphatic rings. The summed E-state index contributed by atoms with van der Waals surface area (Å²) in [6.07, 6.45) is -5.83. The largest absolute Gasteiger partial charge is 0.304 e. The fourth-order valence-electron chi connectivity index (χ4n) is 5.88. The smallest absolute Gasteiger partial charge is 0.200 e. The summed E-state index contributed by atoms with van der Waals surface area (Å²) in [6.45, 7) is 6.04. The quantitative estimate of drug-likeness (QED) is 0.0955. The summed E-state index contributed by atoms with van der Waals surface area (Å²) in [7, 11) is 0. The molecule has 1 nitrogen and oxygen atoms in total. The highest BCUT2D eigenvalue weighted by molar-refractivity contribution is 7.18. The van der Waals surface area contributed by atoms with Crippen molar-refractivity contribution in [3.8, 4) is 0 Å². The second kappa shape index (κ2) is 11.0. The molecule has 4 rings (SSSR count). The zero-order valence-corrected chi connectivity index (χ0v) is 23.7. The van der Waals surface area contributed by atoms with Crippen LogP contribution in [0, 0.1) is 98.1 Å². The van der Waals surface area contributed by atoms with Crippen LogP contribution >= 0.6 is 0 Å². The van der Waals surface area contributed by atoms with E-state index < -0.39 is 138 Å². The Hall–Kier alpha value is -4.18. The number of benzene rings is 3. The Kier molecular flexibility index (Phi) is 8.27. The Bertz CT molecular complexity index is 1720. The van der Waals surface area contributed by atoms with Gasteiger partial charge < -0.3 is 5.41 Å². The van der Waals surface area contributed by atoms with Crippen molar-refractivity contribution in [3.63, 3.8) is 0 Å². The van der Waals surface area contributed by atoms with E-state index in [9.17, 15) is 39.5 Å². The van der Waals surface area contributed by atoms with Crippen LogP contribution in [0.25, 0.3) is 0 Å². The Morgan fingerprint density at radius 2 is 0.674 bits per heavy atom. The average Bonchev–Trinajstić information content (AvgIpc) is 3.67. The van der Waals surface area contributed by atoms with Gasteiger partial charge in [-0.3, -0.25) is 0 Å². The van der Waals surface area contributed by atoms with E-state index >= 15 is 26.3 Å². The second-order valence-corrected chi connectivity index (χ2v) is 11.5. The molecule has 17 heteroatoms. The molecule has 3 aromatic rings. The molecule has 0 atom stereocenters. The minimum absolute atomic E-state index is 0.386. The van der Waals surface area contributed by atoms with Crippen LogP contribution in [-0.2, 0) is 0 Å². The molecular weight excluding hydrogens is 658 g/mol. The number of hydrogen-bond acceptors (Lipinski definition) is 1. The summed E-state index contributed by atoms with van der Waals surface area (Å²) in [4.78, 5) is 0. The first-order chi connectivity index (χ1) is 21.0. The molecule has 3 aromatic carbocycles. The van der Waals surface area contributed by atoms with Crippen molar-refractivity contribution in [1.82, 2.24) is 0 Å². The van der Waals surface area contributed by atoms with Crippen molar-refractivity contribution in [2.24, 2.45) is 5.41 Å². The molecule has 0 spiro atoms. The van der Waals surface area contributed by atoms with Gasteiger partial charge in [0.15, 0.2) is 52.4 Å². The third kappa shape index (κ3) is 4.47. The highest BCUT2D eigenvalue weighted by Crippen LogP contribution is 2.49. The molecule has 0 heterocycles. The molecule has 0 aromatic heterocycles. The van der Waals surface area contributed by atoms with Gasteiger partial charge in [0.1, 0.15) is 41.0 Å². The van der Waals surface area contributed by atoms with Gasteiger partial charge in [-0.2, -0.15) is 5.47 Å². The lowest BCUT2D eigenvalue weighted by Crippen LogP contribution is -2.73. The highest BCUT2D eigenvalue weighted by atomic mass is 19.2. The Balaban J connectivity index is 2.53. The molecule has 0 radical (unpaired) electrons. The van der Waals surface area contributed by atoms with E-state index in [-0.39, 0.29) is 5.57 Å². The van der Waals surface area contributed by atoms with Crippen LogP contribution in [0.3, 0.4) is 0 Å². The molecule has 0 saturated carbocycles. The molecule has 246 valence electrons. The normalized spacial score (nSPS) is 14.8. The van der Waals surface area contributed by atoms with Gasteiger partial charge in [0.25, 0.3) is 0 Å².